The molecule has 2 aromatic carbocycles. The minimum absolute atomic E-state index is 0.325. The highest BCUT2D eigenvalue weighted by Gasteiger charge is 2.21. The minimum atomic E-state index is -0.457. The lowest BCUT2D eigenvalue weighted by Crippen LogP contribution is -2.15. The first kappa shape index (κ1) is 34.7. The van der Waals surface area contributed by atoms with Crippen molar-refractivity contribution in [3.8, 4) is 17.6 Å². The Morgan fingerprint density at radius 3 is 1.95 bits per heavy atom. The Balaban J connectivity index is 1.36. The average Bonchev–Trinajstić information content (AvgIpc) is 3.04. The van der Waals surface area contributed by atoms with Crippen molar-refractivity contribution in [2.45, 2.75) is 142 Å². The number of esters is 1. The molecule has 0 spiro atoms. The van der Waals surface area contributed by atoms with Gasteiger partial charge in [-0.2, -0.15) is 5.26 Å². The van der Waals surface area contributed by atoms with Crippen molar-refractivity contribution in [1.29, 1.82) is 5.26 Å². The van der Waals surface area contributed by atoms with Crippen LogP contribution in [0.15, 0.2) is 42.5 Å². The number of unbranched alkanes of at least 4 members (excludes halogenated alkanes) is 11. The maximum absolute atomic E-state index is 12.8. The van der Waals surface area contributed by atoms with Gasteiger partial charge < -0.3 is 9.47 Å². The number of nitrogens with zero attached hydrogens (tertiary/aromatic N) is 1. The normalized spacial score (nSPS) is 16.5. The number of hydrogen-bond acceptors (Lipinski definition) is 4. The number of rotatable bonds is 21. The van der Waals surface area contributed by atoms with Gasteiger partial charge in [-0.3, -0.25) is 0 Å². The lowest BCUT2D eigenvalue weighted by Gasteiger charge is -2.28. The summed E-state index contributed by atoms with van der Waals surface area (Å²) < 4.78 is 11.5. The fourth-order valence-electron chi connectivity index (χ4n) is 6.40. The molecule has 1 aliphatic carbocycles. The fraction of sp³-hybridized carbons (Fsp3) is 0.641. The predicted molar refractivity (Wildman–Crippen MR) is 178 cm³/mol. The third-order valence-corrected chi connectivity index (χ3v) is 9.25. The molecular formula is C39H57NO3. The maximum atomic E-state index is 12.8. The molecule has 0 heterocycles. The zero-order valence-electron chi connectivity index (χ0n) is 27.2. The zero-order chi connectivity index (χ0) is 30.5. The van der Waals surface area contributed by atoms with Gasteiger partial charge in [-0.15, -0.1) is 0 Å². The Labute approximate surface area is 262 Å². The molecule has 2 aromatic rings. The van der Waals surface area contributed by atoms with Gasteiger partial charge in [0.25, 0.3) is 0 Å². The number of carbonyl (C=O) groups excluding carboxylic acids is 1. The molecule has 0 atom stereocenters. The van der Waals surface area contributed by atoms with E-state index in [0.717, 1.165) is 36.0 Å². The highest BCUT2D eigenvalue weighted by Crippen LogP contribution is 2.34. The summed E-state index contributed by atoms with van der Waals surface area (Å²) in [5.74, 6) is 2.34. The lowest BCUT2D eigenvalue weighted by molar-refractivity contribution is 0.0734. The SMILES string of the molecule is CCCCCCCCCCOc1ccc(C(=O)Oc2ccc(CC[C@H]3CC[C@H](CCCCCCC)CC3)cc2C#N)cc1. The van der Waals surface area contributed by atoms with Crippen LogP contribution in [0.2, 0.25) is 0 Å². The molecule has 1 saturated carbocycles. The number of hydrogen-bond donors (Lipinski definition) is 0. The average molecular weight is 588 g/mol. The molecule has 3 rings (SSSR count). The molecule has 0 aromatic heterocycles. The number of ether oxygens (including phenoxy) is 2. The van der Waals surface area contributed by atoms with Gasteiger partial charge in [0.15, 0.2) is 0 Å². The van der Waals surface area contributed by atoms with Crippen molar-refractivity contribution in [2.24, 2.45) is 11.8 Å². The van der Waals surface area contributed by atoms with Crippen molar-refractivity contribution in [2.75, 3.05) is 6.61 Å². The summed E-state index contributed by atoms with van der Waals surface area (Å²) in [6.45, 7) is 5.22. The molecule has 4 nitrogen and oxygen atoms in total. The Morgan fingerprint density at radius 2 is 1.33 bits per heavy atom. The van der Waals surface area contributed by atoms with Crippen molar-refractivity contribution in [3.63, 3.8) is 0 Å². The van der Waals surface area contributed by atoms with Gasteiger partial charge in [0.2, 0.25) is 0 Å². The second-order valence-corrected chi connectivity index (χ2v) is 12.8. The van der Waals surface area contributed by atoms with Crippen LogP contribution in [0.4, 0.5) is 0 Å². The summed E-state index contributed by atoms with van der Waals surface area (Å²) in [5, 5.41) is 9.75. The van der Waals surface area contributed by atoms with E-state index in [4.69, 9.17) is 9.47 Å². The molecule has 0 N–H and O–H groups in total. The Kier molecular flexibility index (Phi) is 16.9. The molecule has 0 unspecified atom stereocenters. The summed E-state index contributed by atoms with van der Waals surface area (Å²) in [7, 11) is 0. The highest BCUT2D eigenvalue weighted by molar-refractivity contribution is 5.91. The van der Waals surface area contributed by atoms with Gasteiger partial charge in [0, 0.05) is 0 Å². The van der Waals surface area contributed by atoms with Gasteiger partial charge in [0.1, 0.15) is 17.6 Å². The topological polar surface area (TPSA) is 59.3 Å². The van der Waals surface area contributed by atoms with Crippen LogP contribution in [-0.4, -0.2) is 12.6 Å². The molecule has 236 valence electrons. The third-order valence-electron chi connectivity index (χ3n) is 9.25. The minimum Gasteiger partial charge on any atom is -0.494 e. The van der Waals surface area contributed by atoms with Crippen LogP contribution in [0.5, 0.6) is 11.5 Å². The van der Waals surface area contributed by atoms with Crippen molar-refractivity contribution >= 4 is 5.97 Å². The first-order valence-corrected chi connectivity index (χ1v) is 17.6. The molecule has 4 heteroatoms. The second kappa shape index (κ2) is 21.0. The van der Waals surface area contributed by atoms with E-state index in [1.54, 1.807) is 18.2 Å². The van der Waals surface area contributed by atoms with Gasteiger partial charge in [0.05, 0.1) is 17.7 Å². The number of carbonyl (C=O) groups is 1. The molecule has 0 aliphatic heterocycles. The molecular weight excluding hydrogens is 530 g/mol. The maximum Gasteiger partial charge on any atom is 0.343 e. The monoisotopic (exact) mass is 587 g/mol. The number of benzene rings is 2. The third kappa shape index (κ3) is 13.6. The van der Waals surface area contributed by atoms with Crippen molar-refractivity contribution < 1.29 is 14.3 Å². The molecule has 1 fully saturated rings. The second-order valence-electron chi connectivity index (χ2n) is 12.8. The van der Waals surface area contributed by atoms with Crippen LogP contribution in [0.25, 0.3) is 0 Å². The number of nitriles is 1. The van der Waals surface area contributed by atoms with Crippen LogP contribution < -0.4 is 9.47 Å². The first-order valence-electron chi connectivity index (χ1n) is 17.6. The van der Waals surface area contributed by atoms with E-state index < -0.39 is 5.97 Å². The van der Waals surface area contributed by atoms with Crippen molar-refractivity contribution in [1.82, 2.24) is 0 Å². The van der Waals surface area contributed by atoms with Gasteiger partial charge in [-0.25, -0.2) is 4.79 Å². The largest absolute Gasteiger partial charge is 0.494 e. The van der Waals surface area contributed by atoms with E-state index in [1.165, 1.54) is 116 Å². The predicted octanol–water partition coefficient (Wildman–Crippen LogP) is 11.4. The van der Waals surface area contributed by atoms with Crippen LogP contribution >= 0.6 is 0 Å². The quantitative estimate of drug-likeness (QED) is 0.0828. The summed E-state index contributed by atoms with van der Waals surface area (Å²) in [6, 6.07) is 15.0. The Morgan fingerprint density at radius 1 is 0.744 bits per heavy atom. The van der Waals surface area contributed by atoms with Crippen molar-refractivity contribution in [3.05, 3.63) is 59.2 Å². The first-order chi connectivity index (χ1) is 21.1. The standard InChI is InChI=1S/C39H57NO3/c1-3-5-7-9-10-11-13-15-29-42-37-26-24-35(25-27-37)39(41)43-38-28-23-34(30-36(38)31-40)22-21-33-19-17-32(18-20-33)16-14-12-8-6-4-2/h23-28,30,32-33H,3-22,29H2,1-2H3/t32-,33-. The lowest BCUT2D eigenvalue weighted by atomic mass is 9.77. The molecule has 0 bridgehead atoms. The Hall–Kier alpha value is -2.80. The number of aryl methyl sites for hydroxylation is 1. The smallest absolute Gasteiger partial charge is 0.343 e. The molecule has 0 saturated heterocycles. The summed E-state index contributed by atoms with van der Waals surface area (Å²) in [6.07, 6.45) is 26.0. The van der Waals surface area contributed by atoms with E-state index in [2.05, 4.69) is 19.9 Å². The van der Waals surface area contributed by atoms with E-state index in [9.17, 15) is 10.1 Å². The van der Waals surface area contributed by atoms with Crippen LogP contribution in [0, 0.1) is 23.2 Å². The van der Waals surface area contributed by atoms with Gasteiger partial charge >= 0.3 is 5.97 Å². The Bertz CT molecular complexity index is 1080. The fourth-order valence-corrected chi connectivity index (χ4v) is 6.40. The van der Waals surface area contributed by atoms with E-state index in [1.807, 2.05) is 24.3 Å². The van der Waals surface area contributed by atoms with E-state index in [0.29, 0.717) is 23.5 Å². The molecule has 0 amide bonds. The van der Waals surface area contributed by atoms with Crippen LogP contribution in [0.3, 0.4) is 0 Å². The highest BCUT2D eigenvalue weighted by atomic mass is 16.5. The summed E-state index contributed by atoms with van der Waals surface area (Å²) in [5.41, 5.74) is 2.01. The van der Waals surface area contributed by atoms with Crippen LogP contribution in [-0.2, 0) is 6.42 Å². The van der Waals surface area contributed by atoms with E-state index in [-0.39, 0.29) is 0 Å². The van der Waals surface area contributed by atoms with E-state index >= 15 is 0 Å². The van der Waals surface area contributed by atoms with Crippen LogP contribution in [0.1, 0.15) is 157 Å². The summed E-state index contributed by atoms with van der Waals surface area (Å²) >= 11 is 0. The molecule has 1 aliphatic rings. The van der Waals surface area contributed by atoms with Gasteiger partial charge in [-0.1, -0.05) is 129 Å². The zero-order valence-corrected chi connectivity index (χ0v) is 27.2. The summed E-state index contributed by atoms with van der Waals surface area (Å²) in [4.78, 5) is 12.8. The molecule has 0 radical (unpaired) electrons. The van der Waals surface area contributed by atoms with Gasteiger partial charge in [-0.05, 0) is 73.1 Å². The molecule has 43 heavy (non-hydrogen) atoms.